The van der Waals surface area contributed by atoms with Crippen LogP contribution in [0.3, 0.4) is 0 Å². The first kappa shape index (κ1) is 12.0. The van der Waals surface area contributed by atoms with E-state index in [2.05, 4.69) is 20.9 Å². The van der Waals surface area contributed by atoms with Gasteiger partial charge in [-0.3, -0.25) is 9.78 Å². The van der Waals surface area contributed by atoms with E-state index in [1.807, 2.05) is 0 Å². The zero-order valence-corrected chi connectivity index (χ0v) is 8.89. The van der Waals surface area contributed by atoms with E-state index >= 15 is 0 Å². The van der Waals surface area contributed by atoms with Crippen LogP contribution in [0, 0.1) is 0 Å². The van der Waals surface area contributed by atoms with Crippen molar-refractivity contribution in [1.82, 2.24) is 4.98 Å². The molecule has 1 amide bonds. The lowest BCUT2D eigenvalue weighted by Crippen LogP contribution is -2.29. The normalized spacial score (nSPS) is 11.2. The number of nitrogens with one attached hydrogen (secondary N) is 1. The number of carbonyl (C=O) groups is 1. The summed E-state index contributed by atoms with van der Waals surface area (Å²) in [6, 6.07) is 2.65. The van der Waals surface area contributed by atoms with Gasteiger partial charge in [0.1, 0.15) is 0 Å². The lowest BCUT2D eigenvalue weighted by Gasteiger charge is -2.07. The molecule has 0 unspecified atom stereocenters. The highest BCUT2D eigenvalue weighted by Crippen LogP contribution is 2.18. The van der Waals surface area contributed by atoms with E-state index in [1.165, 1.54) is 18.3 Å². The number of hydrogen-bond donors (Lipinski definition) is 1. The van der Waals surface area contributed by atoms with Crippen LogP contribution in [0.5, 0.6) is 0 Å². The maximum Gasteiger partial charge on any atom is 0.471 e. The molecular formula is C8H6BrF3N2O. The molecule has 0 bridgehead atoms. The number of pyridine rings is 1. The van der Waals surface area contributed by atoms with E-state index < -0.39 is 12.1 Å². The fraction of sp³-hybridized carbons (Fsp3) is 0.250. The first-order valence-corrected chi connectivity index (χ1v) is 4.94. The van der Waals surface area contributed by atoms with Crippen LogP contribution in [0.25, 0.3) is 0 Å². The Labute approximate surface area is 91.8 Å². The van der Waals surface area contributed by atoms with Crippen LogP contribution in [-0.4, -0.2) is 17.1 Å². The Morgan fingerprint density at radius 1 is 1.53 bits per heavy atom. The van der Waals surface area contributed by atoms with Crippen LogP contribution in [0.1, 0.15) is 5.69 Å². The van der Waals surface area contributed by atoms with Crippen molar-refractivity contribution in [3.63, 3.8) is 0 Å². The predicted octanol–water partition coefficient (Wildman–Crippen LogP) is 2.48. The third kappa shape index (κ3) is 3.50. The minimum absolute atomic E-state index is 0.0711. The molecule has 0 aliphatic carbocycles. The lowest BCUT2D eigenvalue weighted by molar-refractivity contribution is -0.167. The zero-order chi connectivity index (χ0) is 11.5. The second-order valence-electron chi connectivity index (χ2n) is 2.62. The maximum atomic E-state index is 11.9. The summed E-state index contributed by atoms with van der Waals surface area (Å²) >= 11 is 3.10. The standard InChI is InChI=1S/C8H6BrF3N2O/c9-4-6-3-5(1-2-13-6)14-7(15)8(10,11)12/h1-3H,4H2,(H,13,14,15). The largest absolute Gasteiger partial charge is 0.471 e. The Morgan fingerprint density at radius 2 is 2.20 bits per heavy atom. The summed E-state index contributed by atoms with van der Waals surface area (Å²) < 4.78 is 35.6. The lowest BCUT2D eigenvalue weighted by atomic mass is 10.3. The SMILES string of the molecule is O=C(Nc1ccnc(CBr)c1)C(F)(F)F. The van der Waals surface area contributed by atoms with Gasteiger partial charge in [-0.2, -0.15) is 13.2 Å². The van der Waals surface area contributed by atoms with E-state index in [-0.39, 0.29) is 5.69 Å². The van der Waals surface area contributed by atoms with Gasteiger partial charge in [-0.1, -0.05) is 15.9 Å². The molecule has 0 fully saturated rings. The van der Waals surface area contributed by atoms with Gasteiger partial charge in [0.25, 0.3) is 0 Å². The van der Waals surface area contributed by atoms with Gasteiger partial charge in [-0.25, -0.2) is 0 Å². The van der Waals surface area contributed by atoms with Crippen LogP contribution in [0.2, 0.25) is 0 Å². The highest BCUT2D eigenvalue weighted by atomic mass is 79.9. The first-order chi connectivity index (χ1) is 6.93. The molecule has 82 valence electrons. The molecule has 1 N–H and O–H groups in total. The molecule has 7 heteroatoms. The molecule has 1 aromatic rings. The quantitative estimate of drug-likeness (QED) is 0.847. The smallest absolute Gasteiger partial charge is 0.318 e. The monoisotopic (exact) mass is 282 g/mol. The van der Waals surface area contributed by atoms with Gasteiger partial charge in [-0.05, 0) is 12.1 Å². The number of halogens is 4. The summed E-state index contributed by atoms with van der Waals surface area (Å²) in [6.45, 7) is 0. The van der Waals surface area contributed by atoms with Crippen molar-refractivity contribution in [2.24, 2.45) is 0 Å². The van der Waals surface area contributed by atoms with Gasteiger partial charge in [0.05, 0.1) is 5.69 Å². The molecule has 15 heavy (non-hydrogen) atoms. The molecule has 0 aliphatic rings. The molecule has 0 aromatic carbocycles. The molecule has 1 rings (SSSR count). The Balaban J connectivity index is 2.77. The van der Waals surface area contributed by atoms with Gasteiger partial charge in [0, 0.05) is 17.2 Å². The molecule has 1 heterocycles. The summed E-state index contributed by atoms with van der Waals surface area (Å²) in [4.78, 5) is 14.4. The molecule has 0 atom stereocenters. The van der Waals surface area contributed by atoms with Crippen molar-refractivity contribution in [3.05, 3.63) is 24.0 Å². The molecule has 1 aromatic heterocycles. The van der Waals surface area contributed by atoms with Crippen molar-refractivity contribution in [2.45, 2.75) is 11.5 Å². The van der Waals surface area contributed by atoms with Gasteiger partial charge < -0.3 is 5.32 Å². The van der Waals surface area contributed by atoms with E-state index in [0.29, 0.717) is 11.0 Å². The van der Waals surface area contributed by atoms with Crippen molar-refractivity contribution in [1.29, 1.82) is 0 Å². The summed E-state index contributed by atoms with van der Waals surface area (Å²) in [6.07, 6.45) is -3.56. The molecule has 0 aliphatic heterocycles. The molecule has 0 saturated heterocycles. The third-order valence-corrected chi connectivity index (χ3v) is 2.04. The minimum Gasteiger partial charge on any atom is -0.318 e. The van der Waals surface area contributed by atoms with E-state index in [1.54, 1.807) is 5.32 Å². The first-order valence-electron chi connectivity index (χ1n) is 3.82. The average molecular weight is 283 g/mol. The summed E-state index contributed by atoms with van der Waals surface area (Å²) in [7, 11) is 0. The number of carbonyl (C=O) groups excluding carboxylic acids is 1. The predicted molar refractivity (Wildman–Crippen MR) is 51.6 cm³/mol. The Kier molecular flexibility index (Phi) is 3.67. The fourth-order valence-electron chi connectivity index (χ4n) is 0.831. The molecule has 0 radical (unpaired) electrons. The van der Waals surface area contributed by atoms with Crippen LogP contribution in [0.4, 0.5) is 18.9 Å². The highest BCUT2D eigenvalue weighted by molar-refractivity contribution is 9.08. The number of nitrogens with zero attached hydrogens (tertiary/aromatic N) is 1. The van der Waals surface area contributed by atoms with Gasteiger partial charge in [-0.15, -0.1) is 0 Å². The summed E-state index contributed by atoms with van der Waals surface area (Å²) in [5.41, 5.74) is 0.608. The minimum atomic E-state index is -4.88. The van der Waals surface area contributed by atoms with Crippen molar-refractivity contribution in [3.8, 4) is 0 Å². The maximum absolute atomic E-state index is 11.9. The molecule has 3 nitrogen and oxygen atoms in total. The highest BCUT2D eigenvalue weighted by Gasteiger charge is 2.38. The molecule has 0 saturated carbocycles. The van der Waals surface area contributed by atoms with E-state index in [0.717, 1.165) is 0 Å². The van der Waals surface area contributed by atoms with Crippen molar-refractivity contribution in [2.75, 3.05) is 5.32 Å². The van der Waals surface area contributed by atoms with Crippen molar-refractivity contribution >= 4 is 27.5 Å². The Hall–Kier alpha value is -1.11. The van der Waals surface area contributed by atoms with Gasteiger partial charge >= 0.3 is 12.1 Å². The van der Waals surface area contributed by atoms with E-state index in [4.69, 9.17) is 0 Å². The molecular weight excluding hydrogens is 277 g/mol. The number of hydrogen-bond acceptors (Lipinski definition) is 2. The van der Waals surface area contributed by atoms with E-state index in [9.17, 15) is 18.0 Å². The molecule has 0 spiro atoms. The zero-order valence-electron chi connectivity index (χ0n) is 7.31. The number of alkyl halides is 4. The average Bonchev–Trinajstić information content (AvgIpc) is 2.16. The van der Waals surface area contributed by atoms with Gasteiger partial charge in [0.15, 0.2) is 0 Å². The third-order valence-electron chi connectivity index (χ3n) is 1.47. The second kappa shape index (κ2) is 4.61. The van der Waals surface area contributed by atoms with Crippen LogP contribution < -0.4 is 5.32 Å². The number of amides is 1. The number of rotatable bonds is 2. The fourth-order valence-corrected chi connectivity index (χ4v) is 1.14. The van der Waals surface area contributed by atoms with Crippen molar-refractivity contribution < 1.29 is 18.0 Å². The summed E-state index contributed by atoms with van der Waals surface area (Å²) in [5.74, 6) is -1.99. The van der Waals surface area contributed by atoms with Crippen LogP contribution in [-0.2, 0) is 10.1 Å². The number of aromatic nitrogens is 1. The summed E-state index contributed by atoms with van der Waals surface area (Å²) in [5, 5.41) is 2.14. The topological polar surface area (TPSA) is 42.0 Å². The Morgan fingerprint density at radius 3 is 2.73 bits per heavy atom. The number of anilines is 1. The Bertz CT molecular complexity index is 367. The second-order valence-corrected chi connectivity index (χ2v) is 3.18. The van der Waals surface area contributed by atoms with Crippen LogP contribution >= 0.6 is 15.9 Å². The van der Waals surface area contributed by atoms with Gasteiger partial charge in [0.2, 0.25) is 0 Å². The van der Waals surface area contributed by atoms with Crippen LogP contribution in [0.15, 0.2) is 18.3 Å².